The number of hydrogen-bond acceptors (Lipinski definition) is 6. The summed E-state index contributed by atoms with van der Waals surface area (Å²) in [5.41, 5.74) is 3.07. The van der Waals surface area contributed by atoms with Gasteiger partial charge in [-0.05, 0) is 55.9 Å². The summed E-state index contributed by atoms with van der Waals surface area (Å²) in [5, 5.41) is 1.51. The highest BCUT2D eigenvalue weighted by atomic mass is 16.7. The van der Waals surface area contributed by atoms with E-state index in [1.54, 1.807) is 7.11 Å². The predicted molar refractivity (Wildman–Crippen MR) is 113 cm³/mol. The van der Waals surface area contributed by atoms with Gasteiger partial charge in [0.15, 0.2) is 0 Å². The van der Waals surface area contributed by atoms with Crippen LogP contribution in [0, 0.1) is 19.8 Å². The number of nitrogens with zero attached hydrogens (tertiary/aromatic N) is 2. The molecule has 0 saturated carbocycles. The van der Waals surface area contributed by atoms with Gasteiger partial charge in [-0.2, -0.15) is 0 Å². The lowest BCUT2D eigenvalue weighted by atomic mass is 9.77. The van der Waals surface area contributed by atoms with Crippen molar-refractivity contribution in [2.75, 3.05) is 33.9 Å². The molecule has 166 valence electrons. The van der Waals surface area contributed by atoms with Crippen molar-refractivity contribution >= 4 is 11.9 Å². The maximum atomic E-state index is 12.7. The molecule has 2 aliphatic rings. The van der Waals surface area contributed by atoms with Gasteiger partial charge >= 0.3 is 5.97 Å². The second-order valence-corrected chi connectivity index (χ2v) is 8.36. The number of benzene rings is 1. The molecule has 1 atom stereocenters. The van der Waals surface area contributed by atoms with Crippen molar-refractivity contribution < 1.29 is 23.9 Å². The third kappa shape index (κ3) is 4.05. The van der Waals surface area contributed by atoms with Crippen LogP contribution in [0.1, 0.15) is 49.3 Å². The molecule has 7 nitrogen and oxygen atoms in total. The van der Waals surface area contributed by atoms with Crippen molar-refractivity contribution in [3.8, 4) is 5.75 Å². The summed E-state index contributed by atoms with van der Waals surface area (Å²) in [6.45, 7) is 9.09. The molecule has 2 saturated heterocycles. The van der Waals surface area contributed by atoms with Crippen molar-refractivity contribution in [3.05, 3.63) is 28.8 Å². The first-order valence-corrected chi connectivity index (χ1v) is 10.8. The van der Waals surface area contributed by atoms with E-state index in [0.29, 0.717) is 19.4 Å². The average Bonchev–Trinajstić information content (AvgIpc) is 3.02. The molecule has 2 heterocycles. The molecule has 0 N–H and O–H groups in total. The Morgan fingerprint density at radius 3 is 2.47 bits per heavy atom. The van der Waals surface area contributed by atoms with Gasteiger partial charge in [0.25, 0.3) is 0 Å². The van der Waals surface area contributed by atoms with Crippen LogP contribution in [-0.2, 0) is 25.7 Å². The van der Waals surface area contributed by atoms with Crippen LogP contribution >= 0.6 is 0 Å². The first kappa shape index (κ1) is 22.6. The fraction of sp³-hybridized carbons (Fsp3) is 0.652. The van der Waals surface area contributed by atoms with Crippen molar-refractivity contribution in [1.29, 1.82) is 0 Å². The monoisotopic (exact) mass is 418 g/mol. The molecule has 2 aliphatic heterocycles. The number of ether oxygens (including phenoxy) is 2. The number of methoxy groups -OCH3 is 2. The number of carbonyl (C=O) groups excluding carboxylic acids is 2. The molecule has 1 unspecified atom stereocenters. The summed E-state index contributed by atoms with van der Waals surface area (Å²) in [6.07, 6.45) is 2.35. The van der Waals surface area contributed by atoms with Crippen LogP contribution in [0.3, 0.4) is 0 Å². The van der Waals surface area contributed by atoms with Crippen molar-refractivity contribution in [2.24, 2.45) is 5.92 Å². The van der Waals surface area contributed by atoms with Crippen LogP contribution in [0.4, 0.5) is 0 Å². The summed E-state index contributed by atoms with van der Waals surface area (Å²) in [6, 6.07) is 4.14. The van der Waals surface area contributed by atoms with Crippen molar-refractivity contribution in [1.82, 2.24) is 9.96 Å². The molecule has 7 heteroatoms. The van der Waals surface area contributed by atoms with Gasteiger partial charge in [-0.1, -0.05) is 13.0 Å². The van der Waals surface area contributed by atoms with Crippen LogP contribution in [0.2, 0.25) is 0 Å². The van der Waals surface area contributed by atoms with Gasteiger partial charge in [0.1, 0.15) is 5.75 Å². The molecule has 30 heavy (non-hydrogen) atoms. The highest BCUT2D eigenvalue weighted by Crippen LogP contribution is 2.44. The highest BCUT2D eigenvalue weighted by molar-refractivity contribution is 5.88. The molecular weight excluding hydrogens is 384 g/mol. The minimum atomic E-state index is -0.610. The van der Waals surface area contributed by atoms with Crippen LogP contribution in [0.15, 0.2) is 12.1 Å². The molecule has 1 spiro atoms. The number of rotatable bonds is 7. The number of hydroxylamine groups is 2. The zero-order valence-corrected chi connectivity index (χ0v) is 18.8. The Hall–Kier alpha value is -2.12. The van der Waals surface area contributed by atoms with E-state index in [4.69, 9.17) is 14.3 Å². The van der Waals surface area contributed by atoms with Gasteiger partial charge in [-0.3, -0.25) is 19.3 Å². The Kier molecular flexibility index (Phi) is 7.03. The molecule has 0 radical (unpaired) electrons. The second-order valence-electron chi connectivity index (χ2n) is 8.36. The average molecular weight is 419 g/mol. The van der Waals surface area contributed by atoms with Gasteiger partial charge in [0.05, 0.1) is 32.3 Å². The van der Waals surface area contributed by atoms with Gasteiger partial charge in [0.2, 0.25) is 5.91 Å². The second kappa shape index (κ2) is 9.35. The summed E-state index contributed by atoms with van der Waals surface area (Å²) >= 11 is 0. The molecule has 1 amide bonds. The fourth-order valence-electron chi connectivity index (χ4n) is 4.80. The molecule has 0 bridgehead atoms. The highest BCUT2D eigenvalue weighted by Gasteiger charge is 2.58. The Morgan fingerprint density at radius 2 is 1.87 bits per heavy atom. The van der Waals surface area contributed by atoms with E-state index in [0.717, 1.165) is 37.4 Å². The largest absolute Gasteiger partial charge is 0.496 e. The van der Waals surface area contributed by atoms with Crippen LogP contribution in [0.25, 0.3) is 0 Å². The topological polar surface area (TPSA) is 68.3 Å². The number of amides is 1. The quantitative estimate of drug-likeness (QED) is 0.634. The minimum Gasteiger partial charge on any atom is -0.496 e. The maximum Gasteiger partial charge on any atom is 0.311 e. The maximum absolute atomic E-state index is 12.7. The molecule has 1 aromatic rings. The molecular formula is C23H34N2O5. The van der Waals surface area contributed by atoms with E-state index in [-0.39, 0.29) is 18.3 Å². The standard InChI is InChI=1S/C23H34N2O5/c1-6-13-30-25-21(26)14-19(22(27)29-5)23(25)9-11-24(12-10-23)15-18-7-8-20(28-4)17(3)16(18)2/h7-8,19H,6,9-15H2,1-5H3. The van der Waals surface area contributed by atoms with E-state index < -0.39 is 11.5 Å². The van der Waals surface area contributed by atoms with Gasteiger partial charge in [0, 0.05) is 26.1 Å². The van der Waals surface area contributed by atoms with Gasteiger partial charge < -0.3 is 9.47 Å². The van der Waals surface area contributed by atoms with E-state index in [9.17, 15) is 9.59 Å². The zero-order valence-electron chi connectivity index (χ0n) is 18.8. The lowest BCUT2D eigenvalue weighted by molar-refractivity contribution is -0.223. The lowest BCUT2D eigenvalue weighted by Gasteiger charge is -2.46. The predicted octanol–water partition coefficient (Wildman–Crippen LogP) is 3.01. The molecule has 0 aromatic heterocycles. The van der Waals surface area contributed by atoms with Crippen LogP contribution in [0.5, 0.6) is 5.75 Å². The van der Waals surface area contributed by atoms with Crippen LogP contribution in [-0.4, -0.2) is 61.3 Å². The summed E-state index contributed by atoms with van der Waals surface area (Å²) in [5.74, 6) is -0.00290. The van der Waals surface area contributed by atoms with E-state index in [2.05, 4.69) is 24.8 Å². The van der Waals surface area contributed by atoms with Crippen LogP contribution < -0.4 is 4.74 Å². The Morgan fingerprint density at radius 1 is 1.17 bits per heavy atom. The Bertz CT molecular complexity index is 786. The van der Waals surface area contributed by atoms with E-state index in [1.807, 2.05) is 13.0 Å². The summed E-state index contributed by atoms with van der Waals surface area (Å²) in [7, 11) is 3.08. The van der Waals surface area contributed by atoms with Gasteiger partial charge in [-0.15, -0.1) is 0 Å². The first-order chi connectivity index (χ1) is 14.4. The molecule has 3 rings (SSSR count). The number of piperidine rings is 1. The normalized spacial score (nSPS) is 21.3. The number of carbonyl (C=O) groups is 2. The summed E-state index contributed by atoms with van der Waals surface area (Å²) in [4.78, 5) is 33.4. The first-order valence-electron chi connectivity index (χ1n) is 10.8. The molecule has 0 aliphatic carbocycles. The smallest absolute Gasteiger partial charge is 0.311 e. The minimum absolute atomic E-state index is 0.117. The molecule has 1 aromatic carbocycles. The number of hydrogen-bond donors (Lipinski definition) is 0. The van der Waals surface area contributed by atoms with Crippen molar-refractivity contribution in [3.63, 3.8) is 0 Å². The van der Waals surface area contributed by atoms with E-state index in [1.165, 1.54) is 23.3 Å². The fourth-order valence-corrected chi connectivity index (χ4v) is 4.80. The Labute approximate surface area is 179 Å². The Balaban J connectivity index is 1.76. The zero-order chi connectivity index (χ0) is 21.9. The third-order valence-electron chi connectivity index (χ3n) is 6.75. The lowest BCUT2D eigenvalue weighted by Crippen LogP contribution is -2.57. The van der Waals surface area contributed by atoms with E-state index >= 15 is 0 Å². The van der Waals surface area contributed by atoms with Crippen molar-refractivity contribution in [2.45, 2.75) is 58.5 Å². The summed E-state index contributed by atoms with van der Waals surface area (Å²) < 4.78 is 10.5. The number of likely N-dealkylation sites (tertiary alicyclic amines) is 1. The van der Waals surface area contributed by atoms with Gasteiger partial charge in [-0.25, -0.2) is 5.06 Å². The molecule has 2 fully saturated rings. The third-order valence-corrected chi connectivity index (χ3v) is 6.75. The SMILES string of the molecule is CCCON1C(=O)CC(C(=O)OC)C12CCN(Cc1ccc(OC)c(C)c1C)CC2. The number of esters is 1.